The second-order valence-corrected chi connectivity index (χ2v) is 6.89. The first kappa shape index (κ1) is 22.3. The van der Waals surface area contributed by atoms with Gasteiger partial charge in [0.15, 0.2) is 12.0 Å². The van der Waals surface area contributed by atoms with E-state index < -0.39 is 39.1 Å². The van der Waals surface area contributed by atoms with E-state index >= 15 is 0 Å². The van der Waals surface area contributed by atoms with E-state index in [1.54, 1.807) is 0 Å². The normalized spacial score (nSPS) is 12.8. The Hall–Kier alpha value is -3.02. The Morgan fingerprint density at radius 2 is 1.48 bits per heavy atom. The van der Waals surface area contributed by atoms with Gasteiger partial charge in [-0.25, -0.2) is 0 Å². The molecule has 0 spiro atoms. The minimum Gasteiger partial charge on any atom is -0.406 e. The van der Waals surface area contributed by atoms with Gasteiger partial charge in [0.05, 0.1) is 5.56 Å². The maximum absolute atomic E-state index is 12.4. The number of rotatable bonds is 6. The molecular formula is C17H10F6O5S. The maximum atomic E-state index is 12.4. The highest BCUT2D eigenvalue weighted by Gasteiger charge is 2.48. The number of hydrogen-bond donors (Lipinski definition) is 0. The van der Waals surface area contributed by atoms with Crippen molar-refractivity contribution in [3.05, 3.63) is 59.2 Å². The summed E-state index contributed by atoms with van der Waals surface area (Å²) in [6, 6.07) is 7.96. The topological polar surface area (TPSA) is 69.7 Å². The van der Waals surface area contributed by atoms with Crippen molar-refractivity contribution in [2.24, 2.45) is 0 Å². The van der Waals surface area contributed by atoms with E-state index in [1.807, 2.05) is 0 Å². The van der Waals surface area contributed by atoms with Crippen LogP contribution in [0.25, 0.3) is 12.2 Å². The highest BCUT2D eigenvalue weighted by molar-refractivity contribution is 7.88. The molecule has 156 valence electrons. The molecule has 0 heterocycles. The SMILES string of the molecule is O=Cc1cc(/C=C/c2cccc(OC(F)(F)F)c2)ccc1OS(=O)(=O)C(F)(F)F. The van der Waals surface area contributed by atoms with Gasteiger partial charge in [0.2, 0.25) is 0 Å². The van der Waals surface area contributed by atoms with Gasteiger partial charge in [-0.15, -0.1) is 13.2 Å². The average molecular weight is 440 g/mol. The third-order valence-corrected chi connectivity index (χ3v) is 4.17. The minimum atomic E-state index is -5.95. The predicted octanol–water partition coefficient (Wildman–Crippen LogP) is 4.80. The fourth-order valence-corrected chi connectivity index (χ4v) is 2.49. The number of aldehydes is 1. The summed E-state index contributed by atoms with van der Waals surface area (Å²) in [4.78, 5) is 11.1. The molecular weight excluding hydrogens is 430 g/mol. The number of ether oxygens (including phenoxy) is 1. The van der Waals surface area contributed by atoms with E-state index in [4.69, 9.17) is 0 Å². The largest absolute Gasteiger partial charge is 0.573 e. The molecule has 0 radical (unpaired) electrons. The number of benzene rings is 2. The Labute approximate surface area is 160 Å². The van der Waals surface area contributed by atoms with Gasteiger partial charge in [0.25, 0.3) is 0 Å². The van der Waals surface area contributed by atoms with Crippen LogP contribution in [0.2, 0.25) is 0 Å². The average Bonchev–Trinajstić information content (AvgIpc) is 2.58. The molecule has 0 aliphatic rings. The molecule has 2 aromatic rings. The fraction of sp³-hybridized carbons (Fsp3) is 0.118. The molecule has 0 atom stereocenters. The quantitative estimate of drug-likeness (QED) is 0.212. The lowest BCUT2D eigenvalue weighted by atomic mass is 10.1. The molecule has 12 heteroatoms. The predicted molar refractivity (Wildman–Crippen MR) is 89.5 cm³/mol. The van der Waals surface area contributed by atoms with Crippen molar-refractivity contribution in [1.29, 1.82) is 0 Å². The highest BCUT2D eigenvalue weighted by Crippen LogP contribution is 2.29. The highest BCUT2D eigenvalue weighted by atomic mass is 32.2. The van der Waals surface area contributed by atoms with Gasteiger partial charge in [0.1, 0.15) is 5.75 Å². The monoisotopic (exact) mass is 440 g/mol. The molecule has 0 saturated carbocycles. The van der Waals surface area contributed by atoms with Crippen LogP contribution in [0.3, 0.4) is 0 Å². The van der Waals surface area contributed by atoms with Gasteiger partial charge in [-0.2, -0.15) is 21.6 Å². The van der Waals surface area contributed by atoms with Gasteiger partial charge < -0.3 is 8.92 Å². The van der Waals surface area contributed by atoms with Crippen LogP contribution in [0.5, 0.6) is 11.5 Å². The van der Waals surface area contributed by atoms with E-state index in [-0.39, 0.29) is 11.8 Å². The standard InChI is InChI=1S/C17H10F6O5S/c18-16(19,20)27-14-3-1-2-11(9-14)4-5-12-6-7-15(13(8-12)10-24)28-29(25,26)17(21,22)23/h1-10H/b5-4+. The molecule has 0 aromatic heterocycles. The molecule has 0 bridgehead atoms. The Bertz CT molecular complexity index is 1030. The van der Waals surface area contributed by atoms with Crippen molar-refractivity contribution in [2.75, 3.05) is 0 Å². The summed E-state index contributed by atoms with van der Waals surface area (Å²) < 4.78 is 104. The summed E-state index contributed by atoms with van der Waals surface area (Å²) in [6.45, 7) is 0. The Balaban J connectivity index is 2.25. The molecule has 0 N–H and O–H groups in total. The summed E-state index contributed by atoms with van der Waals surface area (Å²) in [7, 11) is -5.95. The Kier molecular flexibility index (Phi) is 6.26. The van der Waals surface area contributed by atoms with Crippen molar-refractivity contribution in [3.63, 3.8) is 0 Å². The number of alkyl halides is 6. The first-order valence-electron chi connectivity index (χ1n) is 7.44. The zero-order valence-electron chi connectivity index (χ0n) is 14.0. The molecule has 5 nitrogen and oxygen atoms in total. The van der Waals surface area contributed by atoms with E-state index in [2.05, 4.69) is 8.92 Å². The number of hydrogen-bond acceptors (Lipinski definition) is 5. The molecule has 0 aliphatic heterocycles. The summed E-state index contributed by atoms with van der Waals surface area (Å²) in [5, 5.41) is 0. The summed E-state index contributed by atoms with van der Waals surface area (Å²) >= 11 is 0. The van der Waals surface area contributed by atoms with Crippen molar-refractivity contribution in [3.8, 4) is 11.5 Å². The van der Waals surface area contributed by atoms with Crippen molar-refractivity contribution < 1.29 is 48.5 Å². The molecule has 0 amide bonds. The third kappa shape index (κ3) is 6.24. The Morgan fingerprint density at radius 1 is 0.862 bits per heavy atom. The number of carbonyl (C=O) groups is 1. The van der Waals surface area contributed by atoms with Crippen LogP contribution >= 0.6 is 0 Å². The lowest BCUT2D eigenvalue weighted by Gasteiger charge is -2.11. The maximum Gasteiger partial charge on any atom is 0.573 e. The zero-order chi connectivity index (χ0) is 21.9. The van der Waals surface area contributed by atoms with Crippen LogP contribution in [-0.4, -0.2) is 26.6 Å². The smallest absolute Gasteiger partial charge is 0.406 e. The molecule has 0 unspecified atom stereocenters. The minimum absolute atomic E-state index is 0.0936. The van der Waals surface area contributed by atoms with Crippen LogP contribution in [0, 0.1) is 0 Å². The van der Waals surface area contributed by atoms with Crippen LogP contribution in [0.1, 0.15) is 21.5 Å². The molecule has 0 saturated heterocycles. The van der Waals surface area contributed by atoms with Crippen molar-refractivity contribution in [1.82, 2.24) is 0 Å². The summed E-state index contributed by atoms with van der Waals surface area (Å²) in [5.41, 5.74) is -5.62. The summed E-state index contributed by atoms with van der Waals surface area (Å²) in [6.07, 6.45) is -2.09. The lowest BCUT2D eigenvalue weighted by molar-refractivity contribution is -0.274. The zero-order valence-corrected chi connectivity index (χ0v) is 14.8. The van der Waals surface area contributed by atoms with Crippen LogP contribution in [0.15, 0.2) is 42.5 Å². The number of halogens is 6. The van der Waals surface area contributed by atoms with Gasteiger partial charge in [-0.05, 0) is 35.4 Å². The van der Waals surface area contributed by atoms with E-state index in [0.29, 0.717) is 5.56 Å². The van der Waals surface area contributed by atoms with Crippen molar-refractivity contribution in [2.45, 2.75) is 11.9 Å². The third-order valence-electron chi connectivity index (χ3n) is 3.20. The molecule has 2 aromatic carbocycles. The van der Waals surface area contributed by atoms with Crippen molar-refractivity contribution >= 4 is 28.6 Å². The van der Waals surface area contributed by atoms with E-state index in [0.717, 1.165) is 30.3 Å². The first-order chi connectivity index (χ1) is 13.3. The van der Waals surface area contributed by atoms with Crippen LogP contribution in [-0.2, 0) is 10.1 Å². The molecule has 0 fully saturated rings. The van der Waals surface area contributed by atoms with Gasteiger partial charge in [-0.3, -0.25) is 4.79 Å². The van der Waals surface area contributed by atoms with Gasteiger partial charge in [0, 0.05) is 0 Å². The second kappa shape index (κ2) is 8.15. The summed E-state index contributed by atoms with van der Waals surface area (Å²) in [5.74, 6) is -1.29. The van der Waals surface area contributed by atoms with E-state index in [1.165, 1.54) is 24.3 Å². The molecule has 2 rings (SSSR count). The van der Waals surface area contributed by atoms with Crippen LogP contribution < -0.4 is 8.92 Å². The number of carbonyl (C=O) groups excluding carboxylic acids is 1. The molecule has 0 aliphatic carbocycles. The Morgan fingerprint density at radius 3 is 2.03 bits per heavy atom. The molecule has 29 heavy (non-hydrogen) atoms. The fourth-order valence-electron chi connectivity index (χ4n) is 2.01. The van der Waals surface area contributed by atoms with Crippen LogP contribution in [0.4, 0.5) is 26.3 Å². The second-order valence-electron chi connectivity index (χ2n) is 5.35. The van der Waals surface area contributed by atoms with Gasteiger partial charge >= 0.3 is 22.0 Å². The van der Waals surface area contributed by atoms with E-state index in [9.17, 15) is 39.6 Å². The lowest BCUT2D eigenvalue weighted by Crippen LogP contribution is -2.28. The first-order valence-corrected chi connectivity index (χ1v) is 8.85. The van der Waals surface area contributed by atoms with Gasteiger partial charge in [-0.1, -0.05) is 30.4 Å².